The van der Waals surface area contributed by atoms with Gasteiger partial charge in [0.25, 0.3) is 5.56 Å². The fourth-order valence-electron chi connectivity index (χ4n) is 3.41. The molecule has 4 aromatic rings. The first-order valence-corrected chi connectivity index (χ1v) is 12.3. The zero-order valence-corrected chi connectivity index (χ0v) is 20.2. The van der Waals surface area contributed by atoms with E-state index in [0.29, 0.717) is 33.3 Å². The van der Waals surface area contributed by atoms with Crippen molar-refractivity contribution < 1.29 is 14.3 Å². The lowest BCUT2D eigenvalue weighted by atomic mass is 10.1. The van der Waals surface area contributed by atoms with Crippen LogP contribution in [0.5, 0.6) is 0 Å². The highest BCUT2D eigenvalue weighted by atomic mass is 32.2. The summed E-state index contributed by atoms with van der Waals surface area (Å²) >= 11 is 2.31. The molecule has 0 spiro atoms. The zero-order chi connectivity index (χ0) is 24.1. The number of carbonyl (C=O) groups excluding carboxylic acids is 2. The zero-order valence-electron chi connectivity index (χ0n) is 18.6. The van der Waals surface area contributed by atoms with Gasteiger partial charge in [-0.2, -0.15) is 4.37 Å². The number of aromatic nitrogens is 3. The Labute approximate surface area is 204 Å². The molecule has 0 bridgehead atoms. The van der Waals surface area contributed by atoms with Crippen LogP contribution in [0, 0.1) is 0 Å². The minimum Gasteiger partial charge on any atom is -0.465 e. The molecule has 0 unspecified atom stereocenters. The first-order chi connectivity index (χ1) is 16.5. The van der Waals surface area contributed by atoms with Gasteiger partial charge in [0.2, 0.25) is 5.91 Å². The first-order valence-electron chi connectivity index (χ1n) is 10.6. The molecule has 0 atom stereocenters. The van der Waals surface area contributed by atoms with Gasteiger partial charge in [-0.1, -0.05) is 61.2 Å². The molecule has 4 rings (SSSR count). The summed E-state index contributed by atoms with van der Waals surface area (Å²) in [7, 11) is 1.29. The molecule has 0 saturated heterocycles. The second-order valence-electron chi connectivity index (χ2n) is 7.30. The summed E-state index contributed by atoms with van der Waals surface area (Å²) < 4.78 is 11.4. The fraction of sp³-hybridized carbons (Fsp3) is 0.208. The molecule has 0 fully saturated rings. The maximum absolute atomic E-state index is 13.2. The van der Waals surface area contributed by atoms with E-state index in [0.717, 1.165) is 23.5 Å². The molecule has 2 heterocycles. The van der Waals surface area contributed by atoms with Gasteiger partial charge in [-0.15, -0.1) is 0 Å². The highest BCUT2D eigenvalue weighted by Crippen LogP contribution is 2.29. The molecule has 0 saturated carbocycles. The highest BCUT2D eigenvalue weighted by Gasteiger charge is 2.19. The molecule has 0 aliphatic rings. The van der Waals surface area contributed by atoms with Crippen molar-refractivity contribution >= 4 is 51.1 Å². The Kier molecular flexibility index (Phi) is 7.39. The van der Waals surface area contributed by atoms with Crippen LogP contribution in [-0.2, 0) is 16.1 Å². The fourth-order valence-corrected chi connectivity index (χ4v) is 5.02. The number of benzene rings is 2. The van der Waals surface area contributed by atoms with E-state index in [-0.39, 0.29) is 22.8 Å². The van der Waals surface area contributed by atoms with Gasteiger partial charge in [0.15, 0.2) is 5.16 Å². The van der Waals surface area contributed by atoms with Crippen molar-refractivity contribution in [2.24, 2.45) is 0 Å². The van der Waals surface area contributed by atoms with Crippen molar-refractivity contribution in [1.29, 1.82) is 0 Å². The lowest BCUT2D eigenvalue weighted by Gasteiger charge is -2.12. The summed E-state index contributed by atoms with van der Waals surface area (Å²) in [6.45, 7) is 2.46. The molecular formula is C24H22N4O4S2. The van der Waals surface area contributed by atoms with E-state index < -0.39 is 5.97 Å². The van der Waals surface area contributed by atoms with E-state index in [2.05, 4.69) is 9.69 Å². The number of hydrogen-bond acceptors (Lipinski definition) is 8. The van der Waals surface area contributed by atoms with Crippen LogP contribution in [0.25, 0.3) is 21.5 Å². The van der Waals surface area contributed by atoms with Crippen LogP contribution in [-0.4, -0.2) is 38.7 Å². The number of nitrogens with zero attached hydrogens (tertiary/aromatic N) is 3. The van der Waals surface area contributed by atoms with Crippen molar-refractivity contribution in [2.45, 2.75) is 25.0 Å². The SMILES string of the molecule is CCCn1c(SCC(=O)Nc2ccccc2C(=O)OC)nc2c(-c3ccccc3)nsc2c1=O. The van der Waals surface area contributed by atoms with Crippen LogP contribution >= 0.6 is 23.3 Å². The Morgan fingerprint density at radius 1 is 1.12 bits per heavy atom. The lowest BCUT2D eigenvalue weighted by molar-refractivity contribution is -0.113. The number of carbonyl (C=O) groups is 2. The monoisotopic (exact) mass is 494 g/mol. The van der Waals surface area contributed by atoms with Crippen LogP contribution in [0.3, 0.4) is 0 Å². The number of ether oxygens (including phenoxy) is 1. The Balaban J connectivity index is 1.62. The molecule has 2 aromatic heterocycles. The summed E-state index contributed by atoms with van der Waals surface area (Å²) in [5.74, 6) is -0.855. The molecule has 1 amide bonds. The lowest BCUT2D eigenvalue weighted by Crippen LogP contribution is -2.23. The Hall–Kier alpha value is -3.50. The smallest absolute Gasteiger partial charge is 0.339 e. The van der Waals surface area contributed by atoms with Gasteiger partial charge in [0.1, 0.15) is 15.9 Å². The molecule has 174 valence electrons. The second-order valence-corrected chi connectivity index (χ2v) is 9.02. The van der Waals surface area contributed by atoms with Crippen LogP contribution in [0.4, 0.5) is 5.69 Å². The minimum atomic E-state index is -0.536. The summed E-state index contributed by atoms with van der Waals surface area (Å²) in [6, 6.07) is 16.2. The van der Waals surface area contributed by atoms with Crippen molar-refractivity contribution in [1.82, 2.24) is 13.9 Å². The van der Waals surface area contributed by atoms with Gasteiger partial charge in [-0.3, -0.25) is 14.2 Å². The molecule has 1 N–H and O–H groups in total. The summed E-state index contributed by atoms with van der Waals surface area (Å²) in [4.78, 5) is 42.6. The Morgan fingerprint density at radius 3 is 2.59 bits per heavy atom. The maximum atomic E-state index is 13.2. The summed E-state index contributed by atoms with van der Waals surface area (Å²) in [5, 5.41) is 3.20. The molecule has 8 nitrogen and oxygen atoms in total. The van der Waals surface area contributed by atoms with Crippen molar-refractivity contribution in [3.8, 4) is 11.3 Å². The molecule has 10 heteroatoms. The van der Waals surface area contributed by atoms with Crippen LogP contribution in [0.2, 0.25) is 0 Å². The van der Waals surface area contributed by atoms with Crippen LogP contribution in [0.1, 0.15) is 23.7 Å². The third-order valence-corrected chi connectivity index (χ3v) is 6.78. The van der Waals surface area contributed by atoms with E-state index >= 15 is 0 Å². The number of rotatable bonds is 8. The molecule has 34 heavy (non-hydrogen) atoms. The average molecular weight is 495 g/mol. The molecule has 0 radical (unpaired) electrons. The van der Waals surface area contributed by atoms with Gasteiger partial charge in [0.05, 0.1) is 24.1 Å². The highest BCUT2D eigenvalue weighted by molar-refractivity contribution is 7.99. The van der Waals surface area contributed by atoms with E-state index in [4.69, 9.17) is 9.72 Å². The quantitative estimate of drug-likeness (QED) is 0.219. The standard InChI is InChI=1S/C24H22N4O4S2/c1-3-13-28-22(30)21-20(19(27-34-21)15-9-5-4-6-10-15)26-24(28)33-14-18(29)25-17-12-8-7-11-16(17)23(31)32-2/h4-12H,3,13-14H2,1-2H3,(H,25,29). The van der Waals surface area contributed by atoms with Crippen molar-refractivity contribution in [3.05, 3.63) is 70.5 Å². The van der Waals surface area contributed by atoms with Gasteiger partial charge < -0.3 is 10.1 Å². The summed E-state index contributed by atoms with van der Waals surface area (Å²) in [5.41, 5.74) is 2.53. The number of fused-ring (bicyclic) bond motifs is 1. The third kappa shape index (κ3) is 4.87. The van der Waals surface area contributed by atoms with Gasteiger partial charge in [-0.25, -0.2) is 9.78 Å². The van der Waals surface area contributed by atoms with Gasteiger partial charge in [0, 0.05) is 12.1 Å². The van der Waals surface area contributed by atoms with Crippen molar-refractivity contribution in [3.63, 3.8) is 0 Å². The van der Waals surface area contributed by atoms with E-state index in [1.54, 1.807) is 28.8 Å². The number of thioether (sulfide) groups is 1. The van der Waals surface area contributed by atoms with E-state index in [1.165, 1.54) is 18.9 Å². The summed E-state index contributed by atoms with van der Waals surface area (Å²) in [6.07, 6.45) is 0.740. The van der Waals surface area contributed by atoms with Gasteiger partial charge in [-0.05, 0) is 30.1 Å². The second kappa shape index (κ2) is 10.6. The minimum absolute atomic E-state index is 0.00933. The molecule has 0 aliphatic carbocycles. The van der Waals surface area contributed by atoms with E-state index in [1.807, 2.05) is 37.3 Å². The number of hydrogen-bond donors (Lipinski definition) is 1. The largest absolute Gasteiger partial charge is 0.465 e. The Morgan fingerprint density at radius 2 is 1.85 bits per heavy atom. The molecular weight excluding hydrogens is 472 g/mol. The number of methoxy groups -OCH3 is 1. The third-order valence-electron chi connectivity index (χ3n) is 4.98. The first kappa shape index (κ1) is 23.7. The average Bonchev–Trinajstić information content (AvgIpc) is 3.29. The maximum Gasteiger partial charge on any atom is 0.339 e. The predicted molar refractivity (Wildman–Crippen MR) is 135 cm³/mol. The number of para-hydroxylation sites is 1. The van der Waals surface area contributed by atoms with Crippen molar-refractivity contribution in [2.75, 3.05) is 18.2 Å². The van der Waals surface area contributed by atoms with Crippen LogP contribution in [0.15, 0.2) is 64.5 Å². The number of anilines is 1. The van der Waals surface area contributed by atoms with Gasteiger partial charge >= 0.3 is 5.97 Å². The molecule has 2 aromatic carbocycles. The normalized spacial score (nSPS) is 10.9. The molecule has 0 aliphatic heterocycles. The number of nitrogens with one attached hydrogen (secondary N) is 1. The topological polar surface area (TPSA) is 103 Å². The van der Waals surface area contributed by atoms with E-state index in [9.17, 15) is 14.4 Å². The number of esters is 1. The van der Waals surface area contributed by atoms with Crippen LogP contribution < -0.4 is 10.9 Å². The predicted octanol–water partition coefficient (Wildman–Crippen LogP) is 4.45. The number of amides is 1. The Bertz CT molecular complexity index is 1400.